The quantitative estimate of drug-likeness (QED) is 0.903. The summed E-state index contributed by atoms with van der Waals surface area (Å²) in [4.78, 5) is 0. The molecule has 0 saturated carbocycles. The largest absolute Gasteiger partial charge is 0.384 e. The summed E-state index contributed by atoms with van der Waals surface area (Å²) in [5, 5.41) is 10.3. The van der Waals surface area contributed by atoms with Gasteiger partial charge in [0.05, 0.1) is 0 Å². The number of rotatable bonds is 3. The Morgan fingerprint density at radius 2 is 1.71 bits per heavy atom. The van der Waals surface area contributed by atoms with Crippen LogP contribution in [0, 0.1) is 0 Å². The smallest absolute Gasteiger partial charge is 0.105 e. The molecule has 2 heteroatoms. The first-order chi connectivity index (χ1) is 8.22. The van der Waals surface area contributed by atoms with Gasteiger partial charge in [-0.05, 0) is 29.2 Å². The highest BCUT2D eigenvalue weighted by Crippen LogP contribution is 2.28. The van der Waals surface area contributed by atoms with Gasteiger partial charge in [0.1, 0.15) is 6.10 Å². The minimum Gasteiger partial charge on any atom is -0.384 e. The molecule has 2 rings (SSSR count). The van der Waals surface area contributed by atoms with Crippen LogP contribution in [0.1, 0.15) is 29.7 Å². The number of aliphatic hydroxyl groups excluding tert-OH is 1. The van der Waals surface area contributed by atoms with Crippen LogP contribution in [-0.4, -0.2) is 5.11 Å². The van der Waals surface area contributed by atoms with Crippen LogP contribution in [-0.2, 0) is 6.42 Å². The first kappa shape index (κ1) is 12.3. The van der Waals surface area contributed by atoms with Crippen molar-refractivity contribution in [1.29, 1.82) is 0 Å². The zero-order valence-electron chi connectivity index (χ0n) is 9.73. The Labute approximate surface area is 110 Å². The van der Waals surface area contributed by atoms with E-state index in [1.807, 2.05) is 36.4 Å². The third-order valence-corrected chi connectivity index (χ3v) is 3.63. The molecule has 0 saturated heterocycles. The summed E-state index contributed by atoms with van der Waals surface area (Å²) < 4.78 is 0.937. The van der Waals surface area contributed by atoms with Crippen molar-refractivity contribution in [3.8, 4) is 0 Å². The Morgan fingerprint density at radius 3 is 2.29 bits per heavy atom. The van der Waals surface area contributed by atoms with Crippen molar-refractivity contribution in [2.24, 2.45) is 0 Å². The molecular formula is C15H15BrO. The molecule has 0 aliphatic carbocycles. The van der Waals surface area contributed by atoms with E-state index in [4.69, 9.17) is 0 Å². The highest BCUT2D eigenvalue weighted by atomic mass is 79.9. The maximum Gasteiger partial charge on any atom is 0.105 e. The van der Waals surface area contributed by atoms with Crippen molar-refractivity contribution in [2.45, 2.75) is 19.4 Å². The number of halogens is 1. The number of aliphatic hydroxyl groups is 1. The third kappa shape index (κ3) is 2.76. The predicted molar refractivity (Wildman–Crippen MR) is 74.0 cm³/mol. The zero-order valence-corrected chi connectivity index (χ0v) is 11.3. The Kier molecular flexibility index (Phi) is 3.97. The van der Waals surface area contributed by atoms with Gasteiger partial charge in [-0.3, -0.25) is 0 Å². The molecule has 2 aromatic rings. The average Bonchev–Trinajstić information content (AvgIpc) is 2.39. The van der Waals surface area contributed by atoms with Crippen LogP contribution in [0.3, 0.4) is 0 Å². The SMILES string of the molecule is CCc1ccc(C(O)c2ccccc2Br)cc1. The third-order valence-electron chi connectivity index (χ3n) is 2.90. The number of benzene rings is 2. The predicted octanol–water partition coefficient (Wildman–Crippen LogP) is 4.09. The maximum absolute atomic E-state index is 10.3. The van der Waals surface area contributed by atoms with Gasteiger partial charge >= 0.3 is 0 Å². The van der Waals surface area contributed by atoms with Gasteiger partial charge in [0.15, 0.2) is 0 Å². The first-order valence-corrected chi connectivity index (χ1v) is 6.53. The number of hydrogen-bond acceptors (Lipinski definition) is 1. The fraction of sp³-hybridized carbons (Fsp3) is 0.200. The maximum atomic E-state index is 10.3. The van der Waals surface area contributed by atoms with Crippen LogP contribution >= 0.6 is 15.9 Å². The molecule has 17 heavy (non-hydrogen) atoms. The van der Waals surface area contributed by atoms with E-state index in [0.717, 1.165) is 22.0 Å². The summed E-state index contributed by atoms with van der Waals surface area (Å²) in [7, 11) is 0. The van der Waals surface area contributed by atoms with E-state index in [-0.39, 0.29) is 0 Å². The van der Waals surface area contributed by atoms with Gasteiger partial charge in [-0.15, -0.1) is 0 Å². The lowest BCUT2D eigenvalue weighted by Gasteiger charge is -2.13. The van der Waals surface area contributed by atoms with E-state index >= 15 is 0 Å². The summed E-state index contributed by atoms with van der Waals surface area (Å²) in [6.07, 6.45) is 0.447. The second-order valence-electron chi connectivity index (χ2n) is 4.02. The Hall–Kier alpha value is -1.12. The normalized spacial score (nSPS) is 12.4. The molecule has 2 aromatic carbocycles. The fourth-order valence-electron chi connectivity index (χ4n) is 1.81. The topological polar surface area (TPSA) is 20.2 Å². The van der Waals surface area contributed by atoms with E-state index in [1.54, 1.807) is 0 Å². The molecule has 0 aliphatic rings. The lowest BCUT2D eigenvalue weighted by molar-refractivity contribution is 0.219. The first-order valence-electron chi connectivity index (χ1n) is 5.73. The van der Waals surface area contributed by atoms with Crippen LogP contribution in [0.2, 0.25) is 0 Å². The molecule has 1 atom stereocenters. The van der Waals surface area contributed by atoms with Crippen LogP contribution in [0.4, 0.5) is 0 Å². The van der Waals surface area contributed by atoms with Gasteiger partial charge < -0.3 is 5.11 Å². The molecule has 0 bridgehead atoms. The second-order valence-corrected chi connectivity index (χ2v) is 4.87. The standard InChI is InChI=1S/C15H15BrO/c1-2-11-7-9-12(10-8-11)15(17)13-5-3-4-6-14(13)16/h3-10,15,17H,2H2,1H3. The van der Waals surface area contributed by atoms with Gasteiger partial charge in [0.25, 0.3) is 0 Å². The van der Waals surface area contributed by atoms with E-state index in [1.165, 1.54) is 5.56 Å². The molecule has 0 aliphatic heterocycles. The van der Waals surface area contributed by atoms with E-state index in [9.17, 15) is 5.11 Å². The average molecular weight is 291 g/mol. The molecule has 1 nitrogen and oxygen atoms in total. The molecule has 88 valence electrons. The highest BCUT2D eigenvalue weighted by molar-refractivity contribution is 9.10. The van der Waals surface area contributed by atoms with Crippen LogP contribution < -0.4 is 0 Å². The molecular weight excluding hydrogens is 276 g/mol. The molecule has 0 heterocycles. The Morgan fingerprint density at radius 1 is 1.06 bits per heavy atom. The summed E-state index contributed by atoms with van der Waals surface area (Å²) >= 11 is 3.46. The van der Waals surface area contributed by atoms with Crippen molar-refractivity contribution in [1.82, 2.24) is 0 Å². The minimum absolute atomic E-state index is 0.573. The van der Waals surface area contributed by atoms with Gasteiger partial charge in [-0.1, -0.05) is 65.3 Å². The fourth-order valence-corrected chi connectivity index (χ4v) is 2.31. The molecule has 1 unspecified atom stereocenters. The van der Waals surface area contributed by atoms with Gasteiger partial charge in [0, 0.05) is 4.47 Å². The van der Waals surface area contributed by atoms with Crippen LogP contribution in [0.15, 0.2) is 53.0 Å². The van der Waals surface area contributed by atoms with Crippen molar-refractivity contribution in [3.05, 3.63) is 69.7 Å². The summed E-state index contributed by atoms with van der Waals surface area (Å²) in [5.41, 5.74) is 3.11. The lowest BCUT2D eigenvalue weighted by atomic mass is 10.00. The summed E-state index contributed by atoms with van der Waals surface area (Å²) in [6.45, 7) is 2.12. The van der Waals surface area contributed by atoms with Crippen LogP contribution in [0.25, 0.3) is 0 Å². The number of aryl methyl sites for hydroxylation is 1. The minimum atomic E-state index is -0.573. The zero-order chi connectivity index (χ0) is 12.3. The van der Waals surface area contributed by atoms with Crippen LogP contribution in [0.5, 0.6) is 0 Å². The molecule has 0 fully saturated rings. The molecule has 0 amide bonds. The second kappa shape index (κ2) is 5.48. The Bertz CT molecular complexity index is 491. The molecule has 1 N–H and O–H groups in total. The van der Waals surface area contributed by atoms with Crippen molar-refractivity contribution < 1.29 is 5.11 Å². The van der Waals surface area contributed by atoms with Crippen molar-refractivity contribution >= 4 is 15.9 Å². The van der Waals surface area contributed by atoms with Gasteiger partial charge in [-0.2, -0.15) is 0 Å². The van der Waals surface area contributed by atoms with E-state index < -0.39 is 6.10 Å². The summed E-state index contributed by atoms with van der Waals surface area (Å²) in [5.74, 6) is 0. The lowest BCUT2D eigenvalue weighted by Crippen LogP contribution is -2.00. The molecule has 0 aromatic heterocycles. The summed E-state index contributed by atoms with van der Waals surface area (Å²) in [6, 6.07) is 15.9. The van der Waals surface area contributed by atoms with Crippen molar-refractivity contribution in [3.63, 3.8) is 0 Å². The monoisotopic (exact) mass is 290 g/mol. The highest BCUT2D eigenvalue weighted by Gasteiger charge is 2.12. The van der Waals surface area contributed by atoms with E-state index in [0.29, 0.717) is 0 Å². The molecule has 0 radical (unpaired) electrons. The van der Waals surface area contributed by atoms with Crippen molar-refractivity contribution in [2.75, 3.05) is 0 Å². The van der Waals surface area contributed by atoms with E-state index in [2.05, 4.69) is 35.0 Å². The number of hydrogen-bond donors (Lipinski definition) is 1. The Balaban J connectivity index is 2.30. The van der Waals surface area contributed by atoms with Gasteiger partial charge in [-0.25, -0.2) is 0 Å². The van der Waals surface area contributed by atoms with Gasteiger partial charge in [0.2, 0.25) is 0 Å². The molecule has 0 spiro atoms.